The molecule has 0 saturated heterocycles. The normalized spacial score (nSPS) is 20.4. The zero-order chi connectivity index (χ0) is 11.6. The van der Waals surface area contributed by atoms with Crippen LogP contribution in [0.3, 0.4) is 0 Å². The molecule has 1 aromatic rings. The quantitative estimate of drug-likeness (QED) is 0.828. The number of hydrogen-bond acceptors (Lipinski definition) is 4. The van der Waals surface area contributed by atoms with Gasteiger partial charge in [0.25, 0.3) is 0 Å². The van der Waals surface area contributed by atoms with Crippen LogP contribution in [0, 0.1) is 12.3 Å². The number of aromatic nitrogens is 1. The molecule has 1 unspecified atom stereocenters. The van der Waals surface area contributed by atoms with Crippen LogP contribution in [0.5, 0.6) is 0 Å². The molecule has 1 aromatic heterocycles. The second kappa shape index (κ2) is 4.82. The molecular weight excluding hydrogens is 218 g/mol. The fourth-order valence-electron chi connectivity index (χ4n) is 2.16. The molecule has 1 atom stereocenters. The van der Waals surface area contributed by atoms with Crippen LogP contribution in [0.2, 0.25) is 0 Å². The monoisotopic (exact) mass is 239 g/mol. The summed E-state index contributed by atoms with van der Waals surface area (Å²) in [7, 11) is 0. The number of nitrogens with one attached hydrogen (secondary N) is 1. The van der Waals surface area contributed by atoms with Crippen molar-refractivity contribution in [2.75, 3.05) is 13.1 Å². The van der Waals surface area contributed by atoms with Gasteiger partial charge in [0.2, 0.25) is 0 Å². The zero-order valence-electron chi connectivity index (χ0n) is 10.1. The molecule has 0 radical (unpaired) electrons. The average Bonchev–Trinajstić information content (AvgIpc) is 2.64. The molecule has 3 N–H and O–H groups in total. The van der Waals surface area contributed by atoms with Crippen molar-refractivity contribution < 1.29 is 0 Å². The highest BCUT2D eigenvalue weighted by molar-refractivity contribution is 7.11. The first-order valence-corrected chi connectivity index (χ1v) is 6.83. The van der Waals surface area contributed by atoms with Crippen LogP contribution < -0.4 is 11.1 Å². The number of thiazole rings is 1. The van der Waals surface area contributed by atoms with Gasteiger partial charge in [-0.3, -0.25) is 0 Å². The first-order valence-electron chi connectivity index (χ1n) is 6.01. The minimum atomic E-state index is 0.350. The van der Waals surface area contributed by atoms with Gasteiger partial charge in [0.15, 0.2) is 0 Å². The molecular formula is C12H21N3S. The first-order chi connectivity index (χ1) is 7.65. The Morgan fingerprint density at radius 2 is 2.38 bits per heavy atom. The average molecular weight is 239 g/mol. The maximum Gasteiger partial charge on any atom is 0.109 e. The Kier molecular flexibility index (Phi) is 3.62. The van der Waals surface area contributed by atoms with Crippen molar-refractivity contribution in [1.29, 1.82) is 0 Å². The predicted molar refractivity (Wildman–Crippen MR) is 68.6 cm³/mol. The highest BCUT2D eigenvalue weighted by Gasteiger charge is 2.35. The van der Waals surface area contributed by atoms with Crippen molar-refractivity contribution in [3.8, 4) is 0 Å². The summed E-state index contributed by atoms with van der Waals surface area (Å²) in [5.41, 5.74) is 6.22. The van der Waals surface area contributed by atoms with Gasteiger partial charge < -0.3 is 11.1 Å². The lowest BCUT2D eigenvalue weighted by atomic mass is 9.69. The standard InChI is InChI=1S/C12H21N3S/c1-9-6-14-11(16-9)10(2)15-8-12(7-13)4-3-5-12/h6,10,15H,3-5,7-8,13H2,1-2H3. The predicted octanol–water partition coefficient (Wildman–Crippen LogP) is 2.23. The van der Waals surface area contributed by atoms with Gasteiger partial charge in [-0.1, -0.05) is 6.42 Å². The van der Waals surface area contributed by atoms with Gasteiger partial charge in [0, 0.05) is 17.6 Å². The van der Waals surface area contributed by atoms with E-state index in [2.05, 4.69) is 24.1 Å². The maximum absolute atomic E-state index is 5.84. The molecule has 3 nitrogen and oxygen atoms in total. The van der Waals surface area contributed by atoms with Crippen LogP contribution in [0.25, 0.3) is 0 Å². The van der Waals surface area contributed by atoms with Crippen molar-refractivity contribution in [3.63, 3.8) is 0 Å². The van der Waals surface area contributed by atoms with Crippen molar-refractivity contribution in [2.45, 2.75) is 39.2 Å². The molecule has 1 fully saturated rings. The Labute approximate surface area is 101 Å². The molecule has 0 bridgehead atoms. The highest BCUT2D eigenvalue weighted by atomic mass is 32.1. The SMILES string of the molecule is Cc1cnc(C(C)NCC2(CN)CCC2)s1. The van der Waals surface area contributed by atoms with E-state index < -0.39 is 0 Å². The maximum atomic E-state index is 5.84. The van der Waals surface area contributed by atoms with Crippen LogP contribution >= 0.6 is 11.3 Å². The van der Waals surface area contributed by atoms with Crippen LogP contribution in [0.1, 0.15) is 42.1 Å². The smallest absolute Gasteiger partial charge is 0.109 e. The lowest BCUT2D eigenvalue weighted by molar-refractivity contribution is 0.136. The van der Waals surface area contributed by atoms with Gasteiger partial charge >= 0.3 is 0 Å². The Morgan fingerprint density at radius 1 is 1.62 bits per heavy atom. The Hall–Kier alpha value is -0.450. The molecule has 1 saturated carbocycles. The summed E-state index contributed by atoms with van der Waals surface area (Å²) in [6.45, 7) is 6.12. The number of rotatable bonds is 5. The fourth-order valence-corrected chi connectivity index (χ4v) is 2.96. The third-order valence-corrected chi connectivity index (χ3v) is 4.74. The summed E-state index contributed by atoms with van der Waals surface area (Å²) >= 11 is 1.77. The van der Waals surface area contributed by atoms with Crippen LogP contribution in [-0.2, 0) is 0 Å². The lowest BCUT2D eigenvalue weighted by Gasteiger charge is -2.41. The molecule has 0 aliphatic heterocycles. The molecule has 1 aliphatic rings. The minimum Gasteiger partial charge on any atom is -0.330 e. The van der Waals surface area contributed by atoms with Crippen molar-refractivity contribution in [3.05, 3.63) is 16.1 Å². The molecule has 0 amide bonds. The van der Waals surface area contributed by atoms with Crippen molar-refractivity contribution in [1.82, 2.24) is 10.3 Å². The third-order valence-electron chi connectivity index (χ3n) is 3.64. The summed E-state index contributed by atoms with van der Waals surface area (Å²) in [6, 6.07) is 0.350. The van der Waals surface area contributed by atoms with Crippen LogP contribution in [0.15, 0.2) is 6.20 Å². The van der Waals surface area contributed by atoms with Crippen molar-refractivity contribution in [2.24, 2.45) is 11.1 Å². The topological polar surface area (TPSA) is 50.9 Å². The summed E-state index contributed by atoms with van der Waals surface area (Å²) in [5, 5.41) is 4.76. The van der Waals surface area contributed by atoms with E-state index in [1.807, 2.05) is 6.20 Å². The molecule has 2 rings (SSSR count). The van der Waals surface area contributed by atoms with E-state index in [0.717, 1.165) is 13.1 Å². The molecule has 4 heteroatoms. The molecule has 0 aromatic carbocycles. The van der Waals surface area contributed by atoms with Gasteiger partial charge in [0.05, 0.1) is 6.04 Å². The molecule has 16 heavy (non-hydrogen) atoms. The molecule has 1 heterocycles. The number of nitrogens with zero attached hydrogens (tertiary/aromatic N) is 1. The van der Waals surface area contributed by atoms with E-state index in [1.165, 1.54) is 29.1 Å². The van der Waals surface area contributed by atoms with Crippen LogP contribution in [-0.4, -0.2) is 18.1 Å². The van der Waals surface area contributed by atoms with E-state index in [9.17, 15) is 0 Å². The van der Waals surface area contributed by atoms with Crippen molar-refractivity contribution >= 4 is 11.3 Å². The lowest BCUT2D eigenvalue weighted by Crippen LogP contribution is -2.45. The molecule has 1 aliphatic carbocycles. The van der Waals surface area contributed by atoms with Gasteiger partial charge in [-0.05, 0) is 38.6 Å². The number of nitrogens with two attached hydrogens (primary N) is 1. The second-order valence-corrected chi connectivity index (χ2v) is 6.24. The largest absolute Gasteiger partial charge is 0.330 e. The van der Waals surface area contributed by atoms with E-state index in [0.29, 0.717) is 11.5 Å². The van der Waals surface area contributed by atoms with Gasteiger partial charge in [-0.2, -0.15) is 0 Å². The Morgan fingerprint density at radius 3 is 2.81 bits per heavy atom. The number of hydrogen-bond donors (Lipinski definition) is 2. The van der Waals surface area contributed by atoms with E-state index in [1.54, 1.807) is 11.3 Å². The highest BCUT2D eigenvalue weighted by Crippen LogP contribution is 2.39. The molecule has 0 spiro atoms. The number of aryl methyl sites for hydroxylation is 1. The Bertz CT molecular complexity index is 338. The summed E-state index contributed by atoms with van der Waals surface area (Å²) in [6.07, 6.45) is 5.84. The second-order valence-electron chi connectivity index (χ2n) is 4.97. The molecule has 90 valence electrons. The zero-order valence-corrected chi connectivity index (χ0v) is 10.9. The summed E-state index contributed by atoms with van der Waals surface area (Å²) in [4.78, 5) is 5.69. The summed E-state index contributed by atoms with van der Waals surface area (Å²) < 4.78 is 0. The van der Waals surface area contributed by atoms with E-state index >= 15 is 0 Å². The van der Waals surface area contributed by atoms with E-state index in [-0.39, 0.29) is 0 Å². The fraction of sp³-hybridized carbons (Fsp3) is 0.750. The van der Waals surface area contributed by atoms with Gasteiger partial charge in [0.1, 0.15) is 5.01 Å². The minimum absolute atomic E-state index is 0.350. The first kappa shape index (κ1) is 12.0. The van der Waals surface area contributed by atoms with Crippen LogP contribution in [0.4, 0.5) is 0 Å². The third kappa shape index (κ3) is 2.44. The van der Waals surface area contributed by atoms with Gasteiger partial charge in [-0.25, -0.2) is 4.98 Å². The Balaban J connectivity index is 1.86. The van der Waals surface area contributed by atoms with E-state index in [4.69, 9.17) is 5.73 Å². The van der Waals surface area contributed by atoms with Gasteiger partial charge in [-0.15, -0.1) is 11.3 Å². The summed E-state index contributed by atoms with van der Waals surface area (Å²) in [5.74, 6) is 0.